The zero-order valence-electron chi connectivity index (χ0n) is 9.55. The minimum Gasteiger partial charge on any atom is -0.478 e. The maximum Gasteiger partial charge on any atom is 0.331 e. The van der Waals surface area contributed by atoms with Gasteiger partial charge in [0.2, 0.25) is 0 Å². The molecule has 0 saturated heterocycles. The van der Waals surface area contributed by atoms with Gasteiger partial charge in [0.1, 0.15) is 0 Å². The first-order valence-corrected chi connectivity index (χ1v) is 4.84. The lowest BCUT2D eigenvalue weighted by molar-refractivity contribution is -0.134. The van der Waals surface area contributed by atoms with Crippen molar-refractivity contribution in [3.05, 3.63) is 11.6 Å². The molecule has 74 valence electrons. The summed E-state index contributed by atoms with van der Waals surface area (Å²) in [7, 11) is 0. The Balaban J connectivity index is 3.15. The molecule has 2 nitrogen and oxygen atoms in total. The third-order valence-electron chi connectivity index (χ3n) is 2.85. The van der Waals surface area contributed by atoms with E-state index in [-0.39, 0.29) is 11.3 Å². The smallest absolute Gasteiger partial charge is 0.331 e. The van der Waals surface area contributed by atoms with Gasteiger partial charge in [-0.15, -0.1) is 0 Å². The number of hydrogen-bond acceptors (Lipinski definition) is 1. The van der Waals surface area contributed by atoms with Crippen LogP contribution in [0.3, 0.4) is 0 Å². The molecule has 0 bridgehead atoms. The van der Waals surface area contributed by atoms with E-state index in [0.717, 1.165) is 19.3 Å². The highest BCUT2D eigenvalue weighted by atomic mass is 16.4. The highest BCUT2D eigenvalue weighted by Gasteiger charge is 2.32. The first-order chi connectivity index (χ1) is 6.40. The van der Waals surface area contributed by atoms with Crippen LogP contribution in [0.5, 0.6) is 0 Å². The van der Waals surface area contributed by atoms with Crippen LogP contribution in [0.1, 0.15) is 41.4 Å². The normalized spacial score (nSPS) is 28.5. The van der Waals surface area contributed by atoms with Crippen molar-refractivity contribution in [3.8, 4) is 0 Å². The predicted octanol–water partition coefficient (Wildman–Crippen LogP) is 2.84. The highest BCUT2D eigenvalue weighted by Crippen LogP contribution is 2.39. The van der Waals surface area contributed by atoms with Crippen LogP contribution in [-0.4, -0.2) is 11.1 Å². The Morgan fingerprint density at radius 2 is 2.46 bits per heavy atom. The molecule has 0 radical (unpaired) electrons. The van der Waals surface area contributed by atoms with Gasteiger partial charge in [0.15, 0.2) is 0 Å². The van der Waals surface area contributed by atoms with Gasteiger partial charge in [-0.25, -0.2) is 4.79 Å². The standard InChI is InChI=1S/C11H18O2/c1-4-8-5-6-11(2,3)9(7-8)10(12)13/h7-8H,4-6H2,1-3H3,(H,12,13)/i7D. The van der Waals surface area contributed by atoms with E-state index in [1.165, 1.54) is 0 Å². The van der Waals surface area contributed by atoms with Crippen LogP contribution in [0.2, 0.25) is 0 Å². The van der Waals surface area contributed by atoms with E-state index in [1.807, 2.05) is 20.8 Å². The first kappa shape index (κ1) is 8.79. The molecule has 1 atom stereocenters. The van der Waals surface area contributed by atoms with Crippen molar-refractivity contribution in [1.29, 1.82) is 0 Å². The van der Waals surface area contributed by atoms with Crippen LogP contribution < -0.4 is 0 Å². The van der Waals surface area contributed by atoms with E-state index in [2.05, 4.69) is 0 Å². The molecule has 1 unspecified atom stereocenters. The van der Waals surface area contributed by atoms with E-state index in [9.17, 15) is 4.79 Å². The average Bonchev–Trinajstić information content (AvgIpc) is 2.02. The van der Waals surface area contributed by atoms with Crippen LogP contribution in [0, 0.1) is 11.3 Å². The van der Waals surface area contributed by atoms with Gasteiger partial charge in [-0.1, -0.05) is 26.8 Å². The SMILES string of the molecule is [2H]C1=C(C(=O)O)C(C)(C)CCC1CC. The molecular formula is C11H18O2. The third kappa shape index (κ3) is 2.11. The summed E-state index contributed by atoms with van der Waals surface area (Å²) in [4.78, 5) is 11.1. The number of carboxylic acid groups (broad SMARTS) is 1. The zero-order chi connectivity index (χ0) is 10.9. The molecule has 0 aromatic rings. The zero-order valence-corrected chi connectivity index (χ0v) is 8.55. The van der Waals surface area contributed by atoms with Crippen molar-refractivity contribution in [1.82, 2.24) is 0 Å². The van der Waals surface area contributed by atoms with Gasteiger partial charge in [0.05, 0.1) is 1.37 Å². The minimum atomic E-state index is -0.918. The molecule has 0 fully saturated rings. The fourth-order valence-electron chi connectivity index (χ4n) is 1.79. The lowest BCUT2D eigenvalue weighted by atomic mass is 9.72. The molecule has 1 aliphatic rings. The molecule has 0 aromatic carbocycles. The summed E-state index contributed by atoms with van der Waals surface area (Å²) in [6.45, 7) is 5.84. The number of hydrogen-bond donors (Lipinski definition) is 1. The summed E-state index contributed by atoms with van der Waals surface area (Å²) in [5.41, 5.74) is -0.0233. The Hall–Kier alpha value is -0.790. The van der Waals surface area contributed by atoms with E-state index in [4.69, 9.17) is 6.48 Å². The first-order valence-electron chi connectivity index (χ1n) is 5.34. The van der Waals surface area contributed by atoms with E-state index in [0.29, 0.717) is 11.6 Å². The second-order valence-electron chi connectivity index (χ2n) is 4.35. The van der Waals surface area contributed by atoms with Crippen molar-refractivity contribution >= 4 is 5.97 Å². The molecular weight excluding hydrogens is 164 g/mol. The largest absolute Gasteiger partial charge is 0.478 e. The number of rotatable bonds is 2. The Kier molecular flexibility index (Phi) is 2.38. The summed E-state index contributed by atoms with van der Waals surface area (Å²) in [6.07, 6.45) is 2.68. The summed E-state index contributed by atoms with van der Waals surface area (Å²) in [6, 6.07) is 0.344. The van der Waals surface area contributed by atoms with Gasteiger partial charge in [0, 0.05) is 5.57 Å². The number of carbonyl (C=O) groups is 1. The van der Waals surface area contributed by atoms with Crippen molar-refractivity contribution in [2.75, 3.05) is 0 Å². The van der Waals surface area contributed by atoms with E-state index >= 15 is 0 Å². The van der Waals surface area contributed by atoms with Gasteiger partial charge in [-0.05, 0) is 30.6 Å². The van der Waals surface area contributed by atoms with Crippen LogP contribution in [-0.2, 0) is 4.79 Å². The summed E-state index contributed by atoms with van der Waals surface area (Å²) in [5, 5.41) is 9.08. The molecule has 0 aliphatic heterocycles. The molecule has 1 N–H and O–H groups in total. The van der Waals surface area contributed by atoms with Crippen LogP contribution >= 0.6 is 0 Å². The van der Waals surface area contributed by atoms with E-state index in [1.54, 1.807) is 0 Å². The second-order valence-corrected chi connectivity index (χ2v) is 4.35. The Labute approximate surface area is 81.1 Å². The van der Waals surface area contributed by atoms with Crippen molar-refractivity contribution in [3.63, 3.8) is 0 Å². The number of carboxylic acids is 1. The van der Waals surface area contributed by atoms with Crippen molar-refractivity contribution in [2.24, 2.45) is 11.3 Å². The van der Waals surface area contributed by atoms with Gasteiger partial charge in [-0.2, -0.15) is 0 Å². The molecule has 0 heterocycles. The van der Waals surface area contributed by atoms with Crippen LogP contribution in [0.4, 0.5) is 0 Å². The second kappa shape index (κ2) is 3.52. The van der Waals surface area contributed by atoms with Gasteiger partial charge in [-0.3, -0.25) is 0 Å². The Bertz CT molecular complexity index is 279. The molecule has 0 saturated carbocycles. The molecule has 13 heavy (non-hydrogen) atoms. The summed E-state index contributed by atoms with van der Waals surface area (Å²) >= 11 is 0. The Morgan fingerprint density at radius 3 is 2.92 bits per heavy atom. The van der Waals surface area contributed by atoms with Crippen molar-refractivity contribution < 1.29 is 11.3 Å². The fraction of sp³-hybridized carbons (Fsp3) is 0.727. The summed E-state index contributed by atoms with van der Waals surface area (Å²) < 4.78 is 7.87. The maximum atomic E-state index is 11.1. The third-order valence-corrected chi connectivity index (χ3v) is 2.85. The summed E-state index contributed by atoms with van der Waals surface area (Å²) in [5.74, 6) is -0.771. The molecule has 0 aromatic heterocycles. The molecule has 2 heteroatoms. The van der Waals surface area contributed by atoms with E-state index < -0.39 is 5.97 Å². The maximum absolute atomic E-state index is 11.1. The van der Waals surface area contributed by atoms with Crippen LogP contribution in [0.15, 0.2) is 11.6 Å². The molecule has 1 rings (SSSR count). The van der Waals surface area contributed by atoms with Crippen LogP contribution in [0.25, 0.3) is 0 Å². The molecule has 0 spiro atoms. The minimum absolute atomic E-state index is 0.147. The molecule has 0 amide bonds. The van der Waals surface area contributed by atoms with Gasteiger partial charge in [0.25, 0.3) is 0 Å². The lowest BCUT2D eigenvalue weighted by Gasteiger charge is -2.32. The lowest BCUT2D eigenvalue weighted by Crippen LogP contribution is -2.26. The van der Waals surface area contributed by atoms with Gasteiger partial charge >= 0.3 is 5.97 Å². The Morgan fingerprint density at radius 1 is 1.85 bits per heavy atom. The number of allylic oxidation sites excluding steroid dienone is 1. The predicted molar refractivity (Wildman–Crippen MR) is 52.5 cm³/mol. The number of aliphatic carboxylic acids is 1. The topological polar surface area (TPSA) is 37.3 Å². The molecule has 1 aliphatic carbocycles. The van der Waals surface area contributed by atoms with Crippen molar-refractivity contribution in [2.45, 2.75) is 40.0 Å². The average molecular weight is 183 g/mol. The fourth-order valence-corrected chi connectivity index (χ4v) is 1.79. The van der Waals surface area contributed by atoms with Gasteiger partial charge < -0.3 is 5.11 Å². The highest BCUT2D eigenvalue weighted by molar-refractivity contribution is 5.88. The quantitative estimate of drug-likeness (QED) is 0.714. The monoisotopic (exact) mass is 183 g/mol.